The molecule has 92 valence electrons. The van der Waals surface area contributed by atoms with E-state index in [1.807, 2.05) is 0 Å². The number of aromatic hydroxyl groups is 1. The summed E-state index contributed by atoms with van der Waals surface area (Å²) in [6, 6.07) is 9.67. The fraction of sp³-hybridized carbons (Fsp3) is 0. The van der Waals surface area contributed by atoms with Crippen molar-refractivity contribution in [1.29, 1.82) is 0 Å². The molecule has 0 heterocycles. The molecule has 0 fully saturated rings. The van der Waals surface area contributed by atoms with Crippen LogP contribution in [0.5, 0.6) is 5.75 Å². The molecule has 2 aromatic carbocycles. The summed E-state index contributed by atoms with van der Waals surface area (Å²) in [7, 11) is 0. The van der Waals surface area contributed by atoms with Gasteiger partial charge in [0.2, 0.25) is 0 Å². The molecule has 0 bridgehead atoms. The van der Waals surface area contributed by atoms with E-state index in [1.165, 1.54) is 18.2 Å². The average molecular weight is 246 g/mol. The number of nitrogen functional groups attached to an aromatic ring is 1. The maximum Gasteiger partial charge on any atom is 0.255 e. The number of carbonyl (C=O) groups excluding carboxylic acids is 1. The highest BCUT2D eigenvalue weighted by Gasteiger charge is 2.08. The van der Waals surface area contributed by atoms with Gasteiger partial charge in [0.25, 0.3) is 5.91 Å². The van der Waals surface area contributed by atoms with Gasteiger partial charge in [0.1, 0.15) is 11.6 Å². The minimum Gasteiger partial charge on any atom is -0.508 e. The van der Waals surface area contributed by atoms with Crippen LogP contribution in [0.15, 0.2) is 42.5 Å². The van der Waals surface area contributed by atoms with Crippen molar-refractivity contribution in [3.63, 3.8) is 0 Å². The zero-order valence-corrected chi connectivity index (χ0v) is 9.35. The third kappa shape index (κ3) is 2.76. The first-order chi connectivity index (χ1) is 8.54. The first-order valence-corrected chi connectivity index (χ1v) is 5.21. The molecule has 0 radical (unpaired) electrons. The molecule has 0 aromatic heterocycles. The highest BCUT2D eigenvalue weighted by Crippen LogP contribution is 2.17. The standard InChI is InChI=1S/C13H11FN2O2/c14-9-4-8(5-10(15)6-9)13(18)16-11-2-1-3-12(17)7-11/h1-7,17H,15H2,(H,16,18). The highest BCUT2D eigenvalue weighted by molar-refractivity contribution is 6.04. The lowest BCUT2D eigenvalue weighted by atomic mass is 10.1. The number of hydrogen-bond donors (Lipinski definition) is 3. The maximum atomic E-state index is 13.1. The number of amides is 1. The molecule has 0 aliphatic heterocycles. The van der Waals surface area contributed by atoms with Crippen LogP contribution in [0.3, 0.4) is 0 Å². The van der Waals surface area contributed by atoms with Crippen molar-refractivity contribution in [2.75, 3.05) is 11.1 Å². The van der Waals surface area contributed by atoms with Crippen molar-refractivity contribution in [3.8, 4) is 5.75 Å². The minimum absolute atomic E-state index is 0.0338. The molecule has 0 spiro atoms. The number of halogens is 1. The SMILES string of the molecule is Nc1cc(F)cc(C(=O)Nc2cccc(O)c2)c1. The van der Waals surface area contributed by atoms with Crippen LogP contribution >= 0.6 is 0 Å². The number of rotatable bonds is 2. The fourth-order valence-electron chi connectivity index (χ4n) is 1.53. The molecular weight excluding hydrogens is 235 g/mol. The van der Waals surface area contributed by atoms with E-state index in [0.29, 0.717) is 5.69 Å². The minimum atomic E-state index is -0.573. The van der Waals surface area contributed by atoms with Crippen molar-refractivity contribution >= 4 is 17.3 Å². The van der Waals surface area contributed by atoms with Gasteiger partial charge in [-0.2, -0.15) is 0 Å². The second-order valence-corrected chi connectivity index (χ2v) is 3.78. The Morgan fingerprint density at radius 2 is 2.00 bits per heavy atom. The lowest BCUT2D eigenvalue weighted by molar-refractivity contribution is 0.102. The smallest absolute Gasteiger partial charge is 0.255 e. The number of phenolic OH excluding ortho intramolecular Hbond substituents is 1. The quantitative estimate of drug-likeness (QED) is 0.712. The number of carbonyl (C=O) groups is 1. The van der Waals surface area contributed by atoms with Gasteiger partial charge in [0.05, 0.1) is 0 Å². The van der Waals surface area contributed by atoms with Crippen LogP contribution < -0.4 is 11.1 Å². The molecule has 5 heteroatoms. The van der Waals surface area contributed by atoms with Gasteiger partial charge in [-0.25, -0.2) is 4.39 Å². The molecule has 0 aliphatic carbocycles. The molecule has 4 N–H and O–H groups in total. The number of nitrogens with two attached hydrogens (primary N) is 1. The molecule has 0 aliphatic rings. The number of nitrogens with one attached hydrogen (secondary N) is 1. The van der Waals surface area contributed by atoms with Gasteiger partial charge in [-0.3, -0.25) is 4.79 Å². The largest absolute Gasteiger partial charge is 0.508 e. The Morgan fingerprint density at radius 1 is 1.22 bits per heavy atom. The summed E-state index contributed by atoms with van der Waals surface area (Å²) in [6.07, 6.45) is 0. The van der Waals surface area contributed by atoms with Crippen LogP contribution in [-0.2, 0) is 0 Å². The molecule has 0 saturated carbocycles. The Morgan fingerprint density at radius 3 is 2.67 bits per heavy atom. The zero-order chi connectivity index (χ0) is 13.1. The van der Waals surface area contributed by atoms with Gasteiger partial charge >= 0.3 is 0 Å². The highest BCUT2D eigenvalue weighted by atomic mass is 19.1. The van der Waals surface area contributed by atoms with E-state index < -0.39 is 11.7 Å². The van der Waals surface area contributed by atoms with E-state index in [4.69, 9.17) is 5.73 Å². The van der Waals surface area contributed by atoms with Gasteiger partial charge in [0, 0.05) is 23.0 Å². The van der Waals surface area contributed by atoms with Gasteiger partial charge in [-0.15, -0.1) is 0 Å². The monoisotopic (exact) mass is 246 g/mol. The predicted molar refractivity (Wildman–Crippen MR) is 66.9 cm³/mol. The fourth-order valence-corrected chi connectivity index (χ4v) is 1.53. The van der Waals surface area contributed by atoms with Crippen molar-refractivity contribution in [1.82, 2.24) is 0 Å². The van der Waals surface area contributed by atoms with E-state index in [9.17, 15) is 14.3 Å². The van der Waals surface area contributed by atoms with E-state index in [1.54, 1.807) is 12.1 Å². The molecule has 0 atom stereocenters. The Kier molecular flexibility index (Phi) is 3.14. The van der Waals surface area contributed by atoms with E-state index in [0.717, 1.165) is 12.1 Å². The van der Waals surface area contributed by atoms with Crippen LogP contribution in [0.4, 0.5) is 15.8 Å². The molecular formula is C13H11FN2O2. The lowest BCUT2D eigenvalue weighted by Crippen LogP contribution is -2.12. The molecule has 2 aromatic rings. The van der Waals surface area contributed by atoms with Gasteiger partial charge in [-0.1, -0.05) is 6.07 Å². The summed E-state index contributed by atoms with van der Waals surface area (Å²) < 4.78 is 13.1. The molecule has 0 unspecified atom stereocenters. The Labute approximate surface area is 103 Å². The Bertz CT molecular complexity index is 579. The van der Waals surface area contributed by atoms with Gasteiger partial charge in [-0.05, 0) is 30.3 Å². The van der Waals surface area contributed by atoms with E-state index >= 15 is 0 Å². The molecule has 18 heavy (non-hydrogen) atoms. The van der Waals surface area contributed by atoms with Crippen molar-refractivity contribution in [2.24, 2.45) is 0 Å². The summed E-state index contributed by atoms with van der Waals surface area (Å²) in [4.78, 5) is 11.8. The van der Waals surface area contributed by atoms with Crippen LogP contribution in [0.25, 0.3) is 0 Å². The molecule has 1 amide bonds. The van der Waals surface area contributed by atoms with Crippen LogP contribution in [0, 0.1) is 5.82 Å². The summed E-state index contributed by atoms with van der Waals surface area (Å²) in [5.74, 6) is -1.03. The van der Waals surface area contributed by atoms with Crippen LogP contribution in [0.2, 0.25) is 0 Å². The summed E-state index contributed by atoms with van der Waals surface area (Å²) in [6.45, 7) is 0. The maximum absolute atomic E-state index is 13.1. The van der Waals surface area contributed by atoms with Crippen molar-refractivity contribution in [3.05, 3.63) is 53.8 Å². The number of hydrogen-bond acceptors (Lipinski definition) is 3. The average Bonchev–Trinajstić information content (AvgIpc) is 2.27. The van der Waals surface area contributed by atoms with Crippen molar-refractivity contribution in [2.45, 2.75) is 0 Å². The summed E-state index contributed by atoms with van der Waals surface area (Å²) >= 11 is 0. The summed E-state index contributed by atoms with van der Waals surface area (Å²) in [5, 5.41) is 11.8. The van der Waals surface area contributed by atoms with E-state index in [-0.39, 0.29) is 17.0 Å². The Hall–Kier alpha value is -2.56. The second kappa shape index (κ2) is 4.75. The van der Waals surface area contributed by atoms with E-state index in [2.05, 4.69) is 5.32 Å². The second-order valence-electron chi connectivity index (χ2n) is 3.78. The Balaban J connectivity index is 2.22. The topological polar surface area (TPSA) is 75.4 Å². The summed E-state index contributed by atoms with van der Waals surface area (Å²) in [5.41, 5.74) is 6.17. The molecule has 0 saturated heterocycles. The first-order valence-electron chi connectivity index (χ1n) is 5.21. The number of benzene rings is 2. The lowest BCUT2D eigenvalue weighted by Gasteiger charge is -2.06. The molecule has 2 rings (SSSR count). The third-order valence-electron chi connectivity index (χ3n) is 2.29. The first kappa shape index (κ1) is 11.9. The normalized spacial score (nSPS) is 10.1. The zero-order valence-electron chi connectivity index (χ0n) is 9.35. The van der Waals surface area contributed by atoms with Crippen molar-refractivity contribution < 1.29 is 14.3 Å². The van der Waals surface area contributed by atoms with Gasteiger partial charge in [0.15, 0.2) is 0 Å². The third-order valence-corrected chi connectivity index (χ3v) is 2.29. The molecule has 4 nitrogen and oxygen atoms in total. The van der Waals surface area contributed by atoms with Crippen LogP contribution in [-0.4, -0.2) is 11.0 Å². The number of phenols is 1. The van der Waals surface area contributed by atoms with Gasteiger partial charge < -0.3 is 16.2 Å². The van der Waals surface area contributed by atoms with Crippen LogP contribution in [0.1, 0.15) is 10.4 Å². The predicted octanol–water partition coefficient (Wildman–Crippen LogP) is 2.37. The number of anilines is 2.